The second-order valence-corrected chi connectivity index (χ2v) is 5.20. The summed E-state index contributed by atoms with van der Waals surface area (Å²) in [6.45, 7) is 6.19. The van der Waals surface area contributed by atoms with Crippen LogP contribution in [-0.4, -0.2) is 22.5 Å². The van der Waals surface area contributed by atoms with Gasteiger partial charge in [-0.1, -0.05) is 20.8 Å². The molecule has 0 aliphatic heterocycles. The lowest BCUT2D eigenvalue weighted by molar-refractivity contribution is -0.385. The van der Waals surface area contributed by atoms with Gasteiger partial charge in [-0.05, 0) is 17.5 Å². The van der Waals surface area contributed by atoms with E-state index in [2.05, 4.69) is 5.32 Å². The number of carbonyl (C=O) groups is 1. The normalized spacial score (nSPS) is 11.1. The number of hydrogen-bond acceptors (Lipinski definition) is 4. The van der Waals surface area contributed by atoms with E-state index in [9.17, 15) is 20.0 Å². The van der Waals surface area contributed by atoms with E-state index in [0.717, 1.165) is 12.1 Å². The van der Waals surface area contributed by atoms with Gasteiger partial charge in [0.2, 0.25) is 0 Å². The maximum atomic E-state index is 11.8. The van der Waals surface area contributed by atoms with E-state index < -0.39 is 10.8 Å². The lowest BCUT2D eigenvalue weighted by Crippen LogP contribution is -2.32. The fraction of sp³-hybridized carbons (Fsp3) is 0.417. The Hall–Kier alpha value is -2.11. The summed E-state index contributed by atoms with van der Waals surface area (Å²) in [6, 6.07) is 3.39. The van der Waals surface area contributed by atoms with Gasteiger partial charge in [0, 0.05) is 12.6 Å². The van der Waals surface area contributed by atoms with Gasteiger partial charge in [0.25, 0.3) is 11.6 Å². The van der Waals surface area contributed by atoms with Gasteiger partial charge in [-0.3, -0.25) is 14.9 Å². The zero-order chi connectivity index (χ0) is 13.9. The highest BCUT2D eigenvalue weighted by Gasteiger charge is 2.22. The predicted octanol–water partition coefficient (Wildman–Crippen LogP) is 2.08. The molecule has 0 aliphatic rings. The topological polar surface area (TPSA) is 92.5 Å². The molecule has 0 fully saturated rings. The number of phenols is 1. The number of phenolic OH excluding ortho intramolecular Hbond substituents is 1. The van der Waals surface area contributed by atoms with Crippen LogP contribution in [0.2, 0.25) is 0 Å². The Kier molecular flexibility index (Phi) is 3.90. The highest BCUT2D eigenvalue weighted by molar-refractivity contribution is 5.98. The van der Waals surface area contributed by atoms with Crippen LogP contribution in [0.15, 0.2) is 18.2 Å². The van der Waals surface area contributed by atoms with Crippen molar-refractivity contribution in [3.63, 3.8) is 0 Å². The van der Waals surface area contributed by atoms with Gasteiger partial charge in [-0.25, -0.2) is 0 Å². The lowest BCUT2D eigenvalue weighted by Gasteiger charge is -2.18. The summed E-state index contributed by atoms with van der Waals surface area (Å²) in [6.07, 6.45) is 0. The molecule has 0 aliphatic carbocycles. The Morgan fingerprint density at radius 1 is 1.44 bits per heavy atom. The van der Waals surface area contributed by atoms with Crippen molar-refractivity contribution in [3.8, 4) is 5.75 Å². The van der Waals surface area contributed by atoms with Gasteiger partial charge in [0.15, 0.2) is 0 Å². The summed E-state index contributed by atoms with van der Waals surface area (Å²) in [5.41, 5.74) is -0.579. The van der Waals surface area contributed by atoms with E-state index in [4.69, 9.17) is 0 Å². The summed E-state index contributed by atoms with van der Waals surface area (Å²) in [4.78, 5) is 22.0. The predicted molar refractivity (Wildman–Crippen MR) is 66.5 cm³/mol. The smallest absolute Gasteiger partial charge is 0.282 e. The highest BCUT2D eigenvalue weighted by atomic mass is 16.6. The number of carbonyl (C=O) groups excluding carboxylic acids is 1. The molecule has 98 valence electrons. The first-order chi connectivity index (χ1) is 8.20. The van der Waals surface area contributed by atoms with Crippen molar-refractivity contribution in [1.82, 2.24) is 5.32 Å². The molecule has 2 N–H and O–H groups in total. The van der Waals surface area contributed by atoms with Crippen LogP contribution < -0.4 is 5.32 Å². The largest absolute Gasteiger partial charge is 0.508 e. The van der Waals surface area contributed by atoms with E-state index in [1.165, 1.54) is 6.07 Å². The number of benzene rings is 1. The summed E-state index contributed by atoms with van der Waals surface area (Å²) in [7, 11) is 0. The summed E-state index contributed by atoms with van der Waals surface area (Å²) < 4.78 is 0. The molecule has 1 amide bonds. The third kappa shape index (κ3) is 3.73. The zero-order valence-electron chi connectivity index (χ0n) is 10.6. The maximum Gasteiger partial charge on any atom is 0.282 e. The first-order valence-electron chi connectivity index (χ1n) is 5.46. The number of aromatic hydroxyl groups is 1. The third-order valence-corrected chi connectivity index (χ3v) is 2.20. The maximum absolute atomic E-state index is 11.8. The summed E-state index contributed by atoms with van der Waals surface area (Å²) >= 11 is 0. The molecule has 0 saturated carbocycles. The average Bonchev–Trinajstić information content (AvgIpc) is 2.24. The molecule has 18 heavy (non-hydrogen) atoms. The molecule has 6 heteroatoms. The highest BCUT2D eigenvalue weighted by Crippen LogP contribution is 2.23. The van der Waals surface area contributed by atoms with Crippen molar-refractivity contribution in [2.45, 2.75) is 20.8 Å². The van der Waals surface area contributed by atoms with E-state index in [0.29, 0.717) is 6.54 Å². The van der Waals surface area contributed by atoms with Gasteiger partial charge in [0.05, 0.1) is 4.92 Å². The van der Waals surface area contributed by atoms with E-state index >= 15 is 0 Å². The van der Waals surface area contributed by atoms with Gasteiger partial charge in [-0.15, -0.1) is 0 Å². The number of rotatable bonds is 3. The van der Waals surface area contributed by atoms with Gasteiger partial charge in [-0.2, -0.15) is 0 Å². The Labute approximate surface area is 105 Å². The minimum Gasteiger partial charge on any atom is -0.508 e. The molecule has 0 atom stereocenters. The van der Waals surface area contributed by atoms with E-state index in [1.807, 2.05) is 20.8 Å². The molecule has 6 nitrogen and oxygen atoms in total. The van der Waals surface area contributed by atoms with Crippen molar-refractivity contribution >= 4 is 11.6 Å². The summed E-state index contributed by atoms with van der Waals surface area (Å²) in [5.74, 6) is -0.742. The number of nitro groups is 1. The molecule has 1 aromatic rings. The Bertz CT molecular complexity index is 477. The van der Waals surface area contributed by atoms with Crippen molar-refractivity contribution < 1.29 is 14.8 Å². The standard InChI is InChI=1S/C12H16N2O4/c1-12(2,3)7-13-11(16)9-6-8(15)4-5-10(9)14(17)18/h4-6,15H,7H2,1-3H3,(H,13,16). The van der Waals surface area contributed by atoms with Crippen LogP contribution in [0.5, 0.6) is 5.75 Å². The molecule has 0 spiro atoms. The van der Waals surface area contributed by atoms with Crippen molar-refractivity contribution in [2.24, 2.45) is 5.41 Å². The fourth-order valence-corrected chi connectivity index (χ4v) is 1.31. The monoisotopic (exact) mass is 252 g/mol. The van der Waals surface area contributed by atoms with Crippen molar-refractivity contribution in [2.75, 3.05) is 6.54 Å². The molecule has 0 radical (unpaired) electrons. The molecule has 0 heterocycles. The Morgan fingerprint density at radius 2 is 2.06 bits per heavy atom. The molecule has 1 aromatic carbocycles. The van der Waals surface area contributed by atoms with E-state index in [-0.39, 0.29) is 22.4 Å². The minimum atomic E-state index is -0.647. The van der Waals surface area contributed by atoms with Crippen LogP contribution in [-0.2, 0) is 0 Å². The molecule has 1 rings (SSSR count). The first kappa shape index (κ1) is 14.0. The van der Waals surface area contributed by atoms with Crippen LogP contribution in [0.1, 0.15) is 31.1 Å². The quantitative estimate of drug-likeness (QED) is 0.636. The third-order valence-electron chi connectivity index (χ3n) is 2.20. The van der Waals surface area contributed by atoms with Gasteiger partial charge in [0.1, 0.15) is 11.3 Å². The first-order valence-corrected chi connectivity index (χ1v) is 5.46. The fourth-order valence-electron chi connectivity index (χ4n) is 1.31. The van der Waals surface area contributed by atoms with E-state index in [1.54, 1.807) is 0 Å². The number of hydrogen-bond donors (Lipinski definition) is 2. The zero-order valence-corrected chi connectivity index (χ0v) is 10.6. The van der Waals surface area contributed by atoms with Crippen LogP contribution in [0.25, 0.3) is 0 Å². The lowest BCUT2D eigenvalue weighted by atomic mass is 9.97. The molecule has 0 bridgehead atoms. The SMILES string of the molecule is CC(C)(C)CNC(=O)c1cc(O)ccc1[N+](=O)[O-]. The Morgan fingerprint density at radius 3 is 2.56 bits per heavy atom. The number of nitrogens with zero attached hydrogens (tertiary/aromatic N) is 1. The number of amides is 1. The van der Waals surface area contributed by atoms with Crippen molar-refractivity contribution in [1.29, 1.82) is 0 Å². The Balaban J connectivity index is 2.97. The molecular weight excluding hydrogens is 236 g/mol. The minimum absolute atomic E-state index is 0.124. The van der Waals surface area contributed by atoms with Crippen LogP contribution in [0.3, 0.4) is 0 Å². The second kappa shape index (κ2) is 5.03. The van der Waals surface area contributed by atoms with Gasteiger partial charge < -0.3 is 10.4 Å². The van der Waals surface area contributed by atoms with Crippen LogP contribution in [0.4, 0.5) is 5.69 Å². The molecular formula is C12H16N2O4. The second-order valence-electron chi connectivity index (χ2n) is 5.20. The molecule has 0 saturated heterocycles. The van der Waals surface area contributed by atoms with Crippen LogP contribution in [0, 0.1) is 15.5 Å². The molecule has 0 aromatic heterocycles. The number of nitrogens with one attached hydrogen (secondary N) is 1. The van der Waals surface area contributed by atoms with Crippen LogP contribution >= 0.6 is 0 Å². The average molecular weight is 252 g/mol. The van der Waals surface area contributed by atoms with Crippen molar-refractivity contribution in [3.05, 3.63) is 33.9 Å². The summed E-state index contributed by atoms with van der Waals surface area (Å²) in [5, 5.41) is 22.7. The number of nitro benzene ring substituents is 1. The molecule has 0 unspecified atom stereocenters. The van der Waals surface area contributed by atoms with Gasteiger partial charge >= 0.3 is 0 Å².